The quantitative estimate of drug-likeness (QED) is 0.0388. The monoisotopic (exact) mass is 580 g/mol. The van der Waals surface area contributed by atoms with Crippen molar-refractivity contribution >= 4 is 0 Å². The van der Waals surface area contributed by atoms with E-state index in [0.29, 0.717) is 32.7 Å². The van der Waals surface area contributed by atoms with Gasteiger partial charge in [-0.25, -0.2) is 0 Å². The molecule has 0 spiro atoms. The van der Waals surface area contributed by atoms with Gasteiger partial charge in [0.1, 0.15) is 0 Å². The maximum atomic E-state index is 6.27. The smallest absolute Gasteiger partial charge is 0.0630 e. The summed E-state index contributed by atoms with van der Waals surface area (Å²) >= 11 is 0. The Morgan fingerprint density at radius 1 is 0.500 bits per heavy atom. The molecule has 0 aliphatic heterocycles. The fourth-order valence-electron chi connectivity index (χ4n) is 4.00. The van der Waals surface area contributed by atoms with Crippen LogP contribution < -0.4 is 51.2 Å². The van der Waals surface area contributed by atoms with E-state index in [-0.39, 0.29) is 11.8 Å². The molecular formula is C27H73N13. The summed E-state index contributed by atoms with van der Waals surface area (Å²) in [7, 11) is 0. The van der Waals surface area contributed by atoms with Crippen molar-refractivity contribution in [3.05, 3.63) is 0 Å². The van der Waals surface area contributed by atoms with Crippen LogP contribution in [0.15, 0.2) is 0 Å². The molecule has 0 atom stereocenters. The van der Waals surface area contributed by atoms with Gasteiger partial charge in [0.2, 0.25) is 0 Å². The minimum atomic E-state index is -0.363. The van der Waals surface area contributed by atoms with Gasteiger partial charge in [-0.05, 0) is 19.8 Å². The van der Waals surface area contributed by atoms with Crippen LogP contribution in [0.1, 0.15) is 34.6 Å². The van der Waals surface area contributed by atoms with E-state index in [4.69, 9.17) is 34.4 Å². The van der Waals surface area contributed by atoms with Crippen molar-refractivity contribution in [2.45, 2.75) is 40.3 Å². The second-order valence-corrected chi connectivity index (χ2v) is 11.3. The van der Waals surface area contributed by atoms with E-state index in [0.717, 1.165) is 104 Å². The predicted molar refractivity (Wildman–Crippen MR) is 176 cm³/mol. The van der Waals surface area contributed by atoms with Crippen molar-refractivity contribution in [2.75, 3.05) is 131 Å². The fraction of sp³-hybridized carbons (Fsp3) is 1.00. The van der Waals surface area contributed by atoms with E-state index in [1.807, 2.05) is 13.8 Å². The first-order valence-corrected chi connectivity index (χ1v) is 15.2. The molecule has 0 saturated heterocycles. The molecule has 0 radical (unpaired) electrons. The van der Waals surface area contributed by atoms with E-state index >= 15 is 0 Å². The molecule has 0 rings (SSSR count). The van der Waals surface area contributed by atoms with Crippen LogP contribution in [0.2, 0.25) is 0 Å². The SMILES string of the molecule is CC(C)(N)N(CCN)CCNCCN(CCNCCN)CCN(CCN)CCN(CCN)CCN.CC(C)C.N. The zero-order valence-corrected chi connectivity index (χ0v) is 27.2. The molecule has 0 aromatic heterocycles. The highest BCUT2D eigenvalue weighted by molar-refractivity contribution is 4.76. The van der Waals surface area contributed by atoms with E-state index in [1.54, 1.807) is 0 Å². The van der Waals surface area contributed by atoms with Crippen LogP contribution in [0.25, 0.3) is 0 Å². The summed E-state index contributed by atoms with van der Waals surface area (Å²) in [5, 5.41) is 6.99. The molecule has 0 aromatic carbocycles. The molecule has 13 heteroatoms. The fourth-order valence-corrected chi connectivity index (χ4v) is 4.00. The molecular weight excluding hydrogens is 506 g/mol. The van der Waals surface area contributed by atoms with Crippen molar-refractivity contribution in [1.29, 1.82) is 0 Å². The first-order chi connectivity index (χ1) is 18.5. The third kappa shape index (κ3) is 29.0. The highest BCUT2D eigenvalue weighted by atomic mass is 15.3. The average molecular weight is 580 g/mol. The van der Waals surface area contributed by atoms with Gasteiger partial charge in [0, 0.05) is 131 Å². The molecule has 246 valence electrons. The van der Waals surface area contributed by atoms with E-state index in [1.165, 1.54) is 0 Å². The zero-order valence-electron chi connectivity index (χ0n) is 27.2. The first kappa shape index (κ1) is 43.9. The average Bonchev–Trinajstić information content (AvgIpc) is 2.85. The molecule has 0 bridgehead atoms. The van der Waals surface area contributed by atoms with Gasteiger partial charge in [-0.2, -0.15) is 0 Å². The highest BCUT2D eigenvalue weighted by Gasteiger charge is 2.20. The van der Waals surface area contributed by atoms with Crippen LogP contribution in [-0.2, 0) is 0 Å². The van der Waals surface area contributed by atoms with Crippen LogP contribution >= 0.6 is 0 Å². The molecule has 0 aliphatic carbocycles. The minimum Gasteiger partial charge on any atom is -0.344 e. The van der Waals surface area contributed by atoms with Crippen molar-refractivity contribution in [2.24, 2.45) is 40.3 Å². The van der Waals surface area contributed by atoms with Crippen molar-refractivity contribution in [3.8, 4) is 0 Å². The molecule has 0 amide bonds. The summed E-state index contributed by atoms with van der Waals surface area (Å²) in [6.07, 6.45) is 0. The topological polar surface area (TPSA) is 228 Å². The first-order valence-electron chi connectivity index (χ1n) is 15.2. The van der Waals surface area contributed by atoms with Crippen LogP contribution in [-0.4, -0.2) is 156 Å². The van der Waals surface area contributed by atoms with Gasteiger partial charge >= 0.3 is 0 Å². The van der Waals surface area contributed by atoms with E-state index in [9.17, 15) is 0 Å². The number of hydrogen-bond acceptors (Lipinski definition) is 13. The van der Waals surface area contributed by atoms with Crippen molar-refractivity contribution in [1.82, 2.24) is 36.4 Å². The Hall–Kier alpha value is -0.520. The molecule has 0 heterocycles. The van der Waals surface area contributed by atoms with E-state index in [2.05, 4.69) is 51.0 Å². The van der Waals surface area contributed by atoms with Crippen LogP contribution in [0.3, 0.4) is 0 Å². The number of hydrogen-bond donors (Lipinski definition) is 9. The summed E-state index contributed by atoms with van der Waals surface area (Å²) < 4.78 is 0. The van der Waals surface area contributed by atoms with Gasteiger partial charge in [0.15, 0.2) is 0 Å². The molecule has 0 unspecified atom stereocenters. The summed E-state index contributed by atoms with van der Waals surface area (Å²) in [6, 6.07) is 0. The van der Waals surface area contributed by atoms with Gasteiger partial charge in [-0.15, -0.1) is 0 Å². The molecule has 0 saturated carbocycles. The lowest BCUT2D eigenvalue weighted by atomic mass is 10.2. The maximum absolute atomic E-state index is 6.27. The molecule has 0 aliphatic rings. The third-order valence-corrected chi connectivity index (χ3v) is 6.10. The molecule has 17 N–H and O–H groups in total. The highest BCUT2D eigenvalue weighted by Crippen LogP contribution is 2.04. The molecule has 0 fully saturated rings. The Morgan fingerprint density at radius 2 is 0.825 bits per heavy atom. The summed E-state index contributed by atoms with van der Waals surface area (Å²) in [5.41, 5.74) is 34.7. The van der Waals surface area contributed by atoms with Crippen LogP contribution in [0, 0.1) is 5.92 Å². The largest absolute Gasteiger partial charge is 0.344 e. The lowest BCUT2D eigenvalue weighted by Gasteiger charge is -2.35. The second kappa shape index (κ2) is 30.0. The Morgan fingerprint density at radius 3 is 1.18 bits per heavy atom. The normalized spacial score (nSPS) is 12.0. The molecule has 40 heavy (non-hydrogen) atoms. The lowest BCUT2D eigenvalue weighted by molar-refractivity contribution is 0.130. The number of nitrogens with two attached hydrogens (primary N) is 6. The summed E-state index contributed by atoms with van der Waals surface area (Å²) in [6.45, 7) is 27.6. The van der Waals surface area contributed by atoms with E-state index < -0.39 is 0 Å². The van der Waals surface area contributed by atoms with Crippen molar-refractivity contribution < 1.29 is 0 Å². The van der Waals surface area contributed by atoms with Crippen molar-refractivity contribution in [3.63, 3.8) is 0 Å². The standard InChI is InChI=1S/C23H60N12.C4H10.H3N/c1-23(2,29)35(15-7-28)18-11-31-10-17-34(16-9-30-8-3-24)22-21-33(14-6-27)20-19-32(12-4-25)13-5-26;1-4(2)3;/h30-31H,3-22,24-29H2,1-2H3;4H,1-3H3;1H3. The Balaban J connectivity index is -0.00000255. The second-order valence-electron chi connectivity index (χ2n) is 11.3. The van der Waals surface area contributed by atoms with Gasteiger partial charge < -0.3 is 51.2 Å². The third-order valence-electron chi connectivity index (χ3n) is 6.10. The lowest BCUT2D eigenvalue weighted by Crippen LogP contribution is -2.54. The summed E-state index contributed by atoms with van der Waals surface area (Å²) in [4.78, 5) is 9.50. The Bertz CT molecular complexity index is 483. The van der Waals surface area contributed by atoms with Crippen LogP contribution in [0.4, 0.5) is 0 Å². The molecule has 0 aromatic rings. The van der Waals surface area contributed by atoms with Crippen LogP contribution in [0.5, 0.6) is 0 Å². The number of nitrogens with one attached hydrogen (secondary N) is 2. The number of rotatable bonds is 26. The maximum Gasteiger partial charge on any atom is 0.0630 e. The number of nitrogens with zero attached hydrogens (tertiary/aromatic N) is 4. The molecule has 13 nitrogen and oxygen atoms in total. The zero-order chi connectivity index (χ0) is 29.9. The Kier molecular flexibility index (Phi) is 32.9. The minimum absolute atomic E-state index is 0. The summed E-state index contributed by atoms with van der Waals surface area (Å²) in [5.74, 6) is 0.833. The Labute approximate surface area is 248 Å². The van der Waals surface area contributed by atoms with Gasteiger partial charge in [0.25, 0.3) is 0 Å². The van der Waals surface area contributed by atoms with Gasteiger partial charge in [-0.1, -0.05) is 20.8 Å². The van der Waals surface area contributed by atoms with Gasteiger partial charge in [0.05, 0.1) is 5.66 Å². The predicted octanol–water partition coefficient (Wildman–Crippen LogP) is -2.31. The van der Waals surface area contributed by atoms with Gasteiger partial charge in [-0.3, -0.25) is 19.6 Å².